The van der Waals surface area contributed by atoms with Crippen molar-refractivity contribution in [2.45, 2.75) is 6.92 Å². The Morgan fingerprint density at radius 1 is 1.29 bits per heavy atom. The highest BCUT2D eigenvalue weighted by Crippen LogP contribution is 2.23. The number of pyridine rings is 1. The summed E-state index contributed by atoms with van der Waals surface area (Å²) < 4.78 is 0. The quantitative estimate of drug-likeness (QED) is 0.692. The van der Waals surface area contributed by atoms with Crippen LogP contribution in [0.2, 0.25) is 0 Å². The Hall–Kier alpha value is -1.83. The highest BCUT2D eigenvalue weighted by Gasteiger charge is 2.01. The number of nitrogens with zero attached hydrogens (tertiary/aromatic N) is 1. The summed E-state index contributed by atoms with van der Waals surface area (Å²) in [6.45, 7) is 1.97. The average molecular weight is 184 g/mol. The molecule has 0 spiro atoms. The van der Waals surface area contributed by atoms with Crippen LogP contribution in [0.15, 0.2) is 36.5 Å². The van der Waals surface area contributed by atoms with E-state index >= 15 is 0 Å². The van der Waals surface area contributed by atoms with Gasteiger partial charge in [-0.25, -0.2) is 0 Å². The zero-order valence-electron chi connectivity index (χ0n) is 8.07. The zero-order valence-corrected chi connectivity index (χ0v) is 8.07. The Bertz CT molecular complexity index is 487. The lowest BCUT2D eigenvalue weighted by Crippen LogP contribution is -1.92. The van der Waals surface area contributed by atoms with E-state index in [4.69, 9.17) is 5.73 Å². The molecule has 1 aromatic carbocycles. The zero-order chi connectivity index (χ0) is 9.97. The molecule has 0 fully saturated rings. The summed E-state index contributed by atoms with van der Waals surface area (Å²) in [7, 11) is 0. The van der Waals surface area contributed by atoms with E-state index in [-0.39, 0.29) is 0 Å². The van der Waals surface area contributed by atoms with Gasteiger partial charge in [-0.2, -0.15) is 0 Å². The highest BCUT2D eigenvalue weighted by atomic mass is 14.7. The summed E-state index contributed by atoms with van der Waals surface area (Å²) in [5, 5.41) is 1.08. The third-order valence-corrected chi connectivity index (χ3v) is 2.19. The second-order valence-corrected chi connectivity index (χ2v) is 3.14. The first-order chi connectivity index (χ1) is 6.83. The third kappa shape index (κ3) is 1.35. The van der Waals surface area contributed by atoms with Crippen LogP contribution in [0.5, 0.6) is 0 Å². The van der Waals surface area contributed by atoms with Crippen LogP contribution in [0.1, 0.15) is 12.5 Å². The van der Waals surface area contributed by atoms with Crippen LogP contribution < -0.4 is 5.73 Å². The van der Waals surface area contributed by atoms with Crippen molar-refractivity contribution in [1.29, 1.82) is 0 Å². The minimum absolute atomic E-state index is 0.751. The highest BCUT2D eigenvalue weighted by molar-refractivity contribution is 5.93. The topological polar surface area (TPSA) is 38.9 Å². The van der Waals surface area contributed by atoms with Gasteiger partial charge in [0.25, 0.3) is 0 Å². The molecule has 2 N–H and O–H groups in total. The van der Waals surface area contributed by atoms with E-state index in [2.05, 4.69) is 4.98 Å². The van der Waals surface area contributed by atoms with Crippen LogP contribution in [-0.4, -0.2) is 4.98 Å². The molecule has 0 aliphatic rings. The lowest BCUT2D eigenvalue weighted by molar-refractivity contribution is 1.41. The number of aromatic nitrogens is 1. The summed E-state index contributed by atoms with van der Waals surface area (Å²) in [4.78, 5) is 4.26. The van der Waals surface area contributed by atoms with Crippen molar-refractivity contribution in [3.63, 3.8) is 0 Å². The van der Waals surface area contributed by atoms with Crippen molar-refractivity contribution in [3.8, 4) is 0 Å². The normalized spacial score (nSPS) is 11.2. The maximum absolute atomic E-state index is 5.99. The number of fused-ring (bicyclic) bond motifs is 1. The molecule has 14 heavy (non-hydrogen) atoms. The number of hydrogen-bond donors (Lipinski definition) is 1. The van der Waals surface area contributed by atoms with E-state index in [1.54, 1.807) is 6.20 Å². The summed E-state index contributed by atoms with van der Waals surface area (Å²) in [5.41, 5.74) is 8.65. The van der Waals surface area contributed by atoms with Gasteiger partial charge in [0.05, 0.1) is 11.2 Å². The lowest BCUT2D eigenvalue weighted by atomic mass is 10.1. The average Bonchev–Trinajstić information content (AvgIpc) is 2.23. The van der Waals surface area contributed by atoms with E-state index in [1.807, 2.05) is 43.3 Å². The Morgan fingerprint density at radius 2 is 2.14 bits per heavy atom. The Labute approximate surface area is 83.1 Å². The van der Waals surface area contributed by atoms with Crippen molar-refractivity contribution in [2.24, 2.45) is 0 Å². The molecule has 0 aliphatic carbocycles. The van der Waals surface area contributed by atoms with Gasteiger partial charge in [0, 0.05) is 11.6 Å². The molecule has 0 saturated heterocycles. The van der Waals surface area contributed by atoms with Crippen molar-refractivity contribution >= 4 is 22.7 Å². The molecule has 0 radical (unpaired) electrons. The van der Waals surface area contributed by atoms with E-state index in [0.717, 1.165) is 22.2 Å². The minimum Gasteiger partial charge on any atom is -0.396 e. The van der Waals surface area contributed by atoms with Crippen molar-refractivity contribution in [2.75, 3.05) is 5.73 Å². The number of anilines is 1. The predicted molar refractivity (Wildman–Crippen MR) is 60.9 cm³/mol. The number of nitrogens with two attached hydrogens (primary N) is 1. The molecule has 2 rings (SSSR count). The van der Waals surface area contributed by atoms with E-state index in [1.165, 1.54) is 0 Å². The van der Waals surface area contributed by atoms with Crippen molar-refractivity contribution < 1.29 is 0 Å². The molecular weight excluding hydrogens is 172 g/mol. The van der Waals surface area contributed by atoms with Crippen LogP contribution in [0.3, 0.4) is 0 Å². The lowest BCUT2D eigenvalue weighted by Gasteiger charge is -2.04. The molecule has 1 aromatic heterocycles. The fourth-order valence-electron chi connectivity index (χ4n) is 1.51. The molecule has 70 valence electrons. The minimum atomic E-state index is 0.751. The van der Waals surface area contributed by atoms with Crippen LogP contribution in [0, 0.1) is 0 Å². The largest absolute Gasteiger partial charge is 0.396 e. The maximum Gasteiger partial charge on any atom is 0.0937 e. The van der Waals surface area contributed by atoms with Gasteiger partial charge in [0.15, 0.2) is 0 Å². The molecule has 1 heterocycles. The Balaban J connectivity index is 2.75. The molecule has 0 unspecified atom stereocenters. The van der Waals surface area contributed by atoms with Crippen molar-refractivity contribution in [1.82, 2.24) is 4.98 Å². The number of nitrogen functional groups attached to an aromatic ring is 1. The Kier molecular flexibility index (Phi) is 2.19. The van der Waals surface area contributed by atoms with Crippen LogP contribution in [-0.2, 0) is 0 Å². The van der Waals surface area contributed by atoms with Crippen LogP contribution >= 0.6 is 0 Å². The first kappa shape index (κ1) is 8.75. The van der Waals surface area contributed by atoms with Crippen molar-refractivity contribution in [3.05, 3.63) is 42.1 Å². The first-order valence-electron chi connectivity index (χ1n) is 4.59. The van der Waals surface area contributed by atoms with E-state index in [9.17, 15) is 0 Å². The number of allylic oxidation sites excluding steroid dienone is 1. The molecule has 0 saturated carbocycles. The fraction of sp³-hybridized carbons (Fsp3) is 0.0833. The van der Waals surface area contributed by atoms with Gasteiger partial charge in [0.1, 0.15) is 0 Å². The van der Waals surface area contributed by atoms with Gasteiger partial charge in [-0.1, -0.05) is 30.4 Å². The van der Waals surface area contributed by atoms with Gasteiger partial charge in [-0.3, -0.25) is 4.98 Å². The fourth-order valence-corrected chi connectivity index (χ4v) is 1.51. The molecule has 0 bridgehead atoms. The second kappa shape index (κ2) is 3.50. The summed E-state index contributed by atoms with van der Waals surface area (Å²) in [6.07, 6.45) is 5.72. The molecule has 2 aromatic rings. The second-order valence-electron chi connectivity index (χ2n) is 3.14. The van der Waals surface area contributed by atoms with Crippen LogP contribution in [0.25, 0.3) is 17.0 Å². The van der Waals surface area contributed by atoms with Gasteiger partial charge in [-0.15, -0.1) is 0 Å². The maximum atomic E-state index is 5.99. The number of benzene rings is 1. The Morgan fingerprint density at radius 3 is 2.93 bits per heavy atom. The van der Waals surface area contributed by atoms with Gasteiger partial charge >= 0.3 is 0 Å². The summed E-state index contributed by atoms with van der Waals surface area (Å²) in [6, 6.07) is 7.97. The monoisotopic (exact) mass is 184 g/mol. The van der Waals surface area contributed by atoms with Gasteiger partial charge in [-0.05, 0) is 18.6 Å². The van der Waals surface area contributed by atoms with Gasteiger partial charge in [0.2, 0.25) is 0 Å². The van der Waals surface area contributed by atoms with E-state index < -0.39 is 0 Å². The third-order valence-electron chi connectivity index (χ3n) is 2.19. The molecular formula is C12H12N2. The SMILES string of the molecule is C/C=C/c1ccc2cccnc2c1N. The smallest absolute Gasteiger partial charge is 0.0937 e. The molecule has 2 nitrogen and oxygen atoms in total. The molecule has 0 amide bonds. The first-order valence-corrected chi connectivity index (χ1v) is 4.59. The molecule has 0 atom stereocenters. The molecule has 0 aliphatic heterocycles. The van der Waals surface area contributed by atoms with E-state index in [0.29, 0.717) is 0 Å². The summed E-state index contributed by atoms with van der Waals surface area (Å²) in [5.74, 6) is 0. The number of hydrogen-bond acceptors (Lipinski definition) is 2. The molecule has 2 heteroatoms. The number of rotatable bonds is 1. The standard InChI is InChI=1S/C12H12N2/c1-2-4-9-6-7-10-5-3-8-14-12(10)11(9)13/h2-8H,13H2,1H3/b4-2+. The summed E-state index contributed by atoms with van der Waals surface area (Å²) >= 11 is 0. The van der Waals surface area contributed by atoms with Gasteiger partial charge < -0.3 is 5.73 Å². The predicted octanol–water partition coefficient (Wildman–Crippen LogP) is 2.85. The van der Waals surface area contributed by atoms with Crippen LogP contribution in [0.4, 0.5) is 5.69 Å².